The first-order chi connectivity index (χ1) is 7.18. The lowest BCUT2D eigenvalue weighted by Gasteiger charge is -1.92. The molecular weight excluding hydrogens is 194 g/mol. The molecule has 5 nitrogen and oxygen atoms in total. The molecule has 2 rings (SSSR count). The molecule has 0 radical (unpaired) electrons. The third kappa shape index (κ3) is 1.81. The van der Waals surface area contributed by atoms with Gasteiger partial charge in [-0.25, -0.2) is 0 Å². The third-order valence-electron chi connectivity index (χ3n) is 2.37. The summed E-state index contributed by atoms with van der Waals surface area (Å²) in [6, 6.07) is 7.75. The summed E-state index contributed by atoms with van der Waals surface area (Å²) >= 11 is 0. The van der Waals surface area contributed by atoms with Gasteiger partial charge < -0.3 is 0 Å². The van der Waals surface area contributed by atoms with E-state index in [0.29, 0.717) is 6.42 Å². The Balaban J connectivity index is 2.39. The monoisotopic (exact) mass is 205 g/mol. The van der Waals surface area contributed by atoms with Gasteiger partial charge in [-0.3, -0.25) is 14.8 Å². The summed E-state index contributed by atoms with van der Waals surface area (Å²) in [6.07, 6.45) is 0.383. The number of hydrogen-bond acceptors (Lipinski definition) is 3. The first kappa shape index (κ1) is 9.64. The van der Waals surface area contributed by atoms with Gasteiger partial charge in [0.25, 0.3) is 0 Å². The van der Waals surface area contributed by atoms with Crippen molar-refractivity contribution in [2.45, 2.75) is 6.42 Å². The number of hydrogen-bond donors (Lipinski definition) is 0. The third-order valence-corrected chi connectivity index (χ3v) is 2.37. The lowest BCUT2D eigenvalue weighted by molar-refractivity contribution is -0.479. The smallest absolute Gasteiger partial charge is 0.209 e. The highest BCUT2D eigenvalue weighted by Crippen LogP contribution is 2.17. The number of aryl methyl sites for hydroxylation is 1. The summed E-state index contributed by atoms with van der Waals surface area (Å²) in [6.45, 7) is -0.0684. The number of nitrogens with zero attached hydrogens (tertiary/aromatic N) is 3. The highest BCUT2D eigenvalue weighted by atomic mass is 16.6. The minimum absolute atomic E-state index is 0.0684. The molecular formula is C10H11N3O2. The fraction of sp³-hybridized carbons (Fsp3) is 0.300. The Labute approximate surface area is 86.5 Å². The van der Waals surface area contributed by atoms with Crippen LogP contribution in [0.15, 0.2) is 24.3 Å². The molecule has 0 aliphatic carbocycles. The topological polar surface area (TPSA) is 61.0 Å². The van der Waals surface area contributed by atoms with Crippen molar-refractivity contribution in [3.05, 3.63) is 40.1 Å². The number of benzene rings is 1. The van der Waals surface area contributed by atoms with Crippen LogP contribution in [-0.2, 0) is 13.5 Å². The molecule has 1 aromatic carbocycles. The van der Waals surface area contributed by atoms with Crippen LogP contribution >= 0.6 is 0 Å². The number of aromatic nitrogens is 2. The predicted octanol–water partition coefficient (Wildman–Crippen LogP) is 1.39. The average Bonchev–Trinajstić information content (AvgIpc) is 2.54. The van der Waals surface area contributed by atoms with Crippen molar-refractivity contribution in [1.29, 1.82) is 0 Å². The van der Waals surface area contributed by atoms with Gasteiger partial charge in [-0.2, -0.15) is 5.10 Å². The van der Waals surface area contributed by atoms with Gasteiger partial charge >= 0.3 is 0 Å². The molecule has 0 unspecified atom stereocenters. The summed E-state index contributed by atoms with van der Waals surface area (Å²) in [5.74, 6) is 0. The molecule has 0 spiro atoms. The summed E-state index contributed by atoms with van der Waals surface area (Å²) in [7, 11) is 1.85. The summed E-state index contributed by atoms with van der Waals surface area (Å²) in [5.41, 5.74) is 1.81. The summed E-state index contributed by atoms with van der Waals surface area (Å²) in [5, 5.41) is 15.6. The second-order valence-corrected chi connectivity index (χ2v) is 3.39. The minimum Gasteiger partial charge on any atom is -0.268 e. The van der Waals surface area contributed by atoms with Gasteiger partial charge in [0.05, 0.1) is 17.6 Å². The largest absolute Gasteiger partial charge is 0.268 e. The van der Waals surface area contributed by atoms with E-state index in [0.717, 1.165) is 16.6 Å². The Morgan fingerprint density at radius 1 is 1.47 bits per heavy atom. The standard InChI is InChI=1S/C10H11N3O2/c1-12-10-5-3-2-4-8(10)9(11-12)6-7-13(14)15/h2-5H,6-7H2,1H3. The molecule has 0 atom stereocenters. The molecule has 0 saturated carbocycles. The lowest BCUT2D eigenvalue weighted by atomic mass is 10.2. The fourth-order valence-electron chi connectivity index (χ4n) is 1.67. The molecule has 78 valence electrons. The number of rotatable bonds is 3. The molecule has 2 aromatic rings. The Hall–Kier alpha value is -1.91. The van der Waals surface area contributed by atoms with E-state index in [1.165, 1.54) is 0 Å². The molecule has 0 amide bonds. The van der Waals surface area contributed by atoms with Gasteiger partial charge in [0.15, 0.2) is 0 Å². The van der Waals surface area contributed by atoms with Crippen molar-refractivity contribution in [2.75, 3.05) is 6.54 Å². The maximum Gasteiger partial charge on any atom is 0.209 e. The van der Waals surface area contributed by atoms with Crippen LogP contribution in [0.1, 0.15) is 5.69 Å². The van der Waals surface area contributed by atoms with E-state index < -0.39 is 0 Å². The van der Waals surface area contributed by atoms with Crippen molar-refractivity contribution >= 4 is 10.9 Å². The molecule has 0 aliphatic heterocycles. The van der Waals surface area contributed by atoms with Crippen LogP contribution in [0.2, 0.25) is 0 Å². The Morgan fingerprint density at radius 2 is 2.20 bits per heavy atom. The second-order valence-electron chi connectivity index (χ2n) is 3.39. The normalized spacial score (nSPS) is 10.7. The zero-order chi connectivity index (χ0) is 10.8. The van der Waals surface area contributed by atoms with E-state index in [1.807, 2.05) is 31.3 Å². The molecule has 0 aliphatic rings. The van der Waals surface area contributed by atoms with Gasteiger partial charge in [-0.1, -0.05) is 18.2 Å². The van der Waals surface area contributed by atoms with Gasteiger partial charge in [0.2, 0.25) is 6.54 Å². The van der Waals surface area contributed by atoms with E-state index in [-0.39, 0.29) is 11.5 Å². The number of fused-ring (bicyclic) bond motifs is 1. The van der Waals surface area contributed by atoms with E-state index in [2.05, 4.69) is 5.10 Å². The number of nitro groups is 1. The molecule has 15 heavy (non-hydrogen) atoms. The van der Waals surface area contributed by atoms with Crippen LogP contribution in [0.5, 0.6) is 0 Å². The molecule has 0 bridgehead atoms. The molecule has 0 saturated heterocycles. The molecule has 5 heteroatoms. The molecule has 1 heterocycles. The van der Waals surface area contributed by atoms with Crippen molar-refractivity contribution in [3.8, 4) is 0 Å². The SMILES string of the molecule is Cn1nc(CC[N+](=O)[O-])c2ccccc21. The van der Waals surface area contributed by atoms with Crippen LogP contribution in [0.3, 0.4) is 0 Å². The second kappa shape index (κ2) is 3.68. The zero-order valence-corrected chi connectivity index (χ0v) is 8.38. The van der Waals surface area contributed by atoms with E-state index in [1.54, 1.807) is 4.68 Å². The van der Waals surface area contributed by atoms with Crippen molar-refractivity contribution in [2.24, 2.45) is 7.05 Å². The predicted molar refractivity (Wildman–Crippen MR) is 56.3 cm³/mol. The maximum absolute atomic E-state index is 10.3. The maximum atomic E-state index is 10.3. The highest BCUT2D eigenvalue weighted by Gasteiger charge is 2.09. The van der Waals surface area contributed by atoms with Crippen molar-refractivity contribution < 1.29 is 4.92 Å². The molecule has 1 aromatic heterocycles. The Kier molecular flexibility index (Phi) is 2.37. The van der Waals surface area contributed by atoms with Crippen LogP contribution in [0.4, 0.5) is 0 Å². The lowest BCUT2D eigenvalue weighted by Crippen LogP contribution is -2.05. The summed E-state index contributed by atoms with van der Waals surface area (Å²) in [4.78, 5) is 9.97. The van der Waals surface area contributed by atoms with Crippen LogP contribution in [-0.4, -0.2) is 21.2 Å². The van der Waals surface area contributed by atoms with E-state index in [9.17, 15) is 10.1 Å². The van der Waals surface area contributed by atoms with Gasteiger partial charge in [0.1, 0.15) is 0 Å². The van der Waals surface area contributed by atoms with E-state index in [4.69, 9.17) is 0 Å². The van der Waals surface area contributed by atoms with Gasteiger partial charge in [-0.15, -0.1) is 0 Å². The molecule has 0 N–H and O–H groups in total. The first-order valence-electron chi connectivity index (χ1n) is 4.71. The zero-order valence-electron chi connectivity index (χ0n) is 8.38. The minimum atomic E-state index is -0.316. The highest BCUT2D eigenvalue weighted by molar-refractivity contribution is 5.81. The van der Waals surface area contributed by atoms with Crippen molar-refractivity contribution in [3.63, 3.8) is 0 Å². The van der Waals surface area contributed by atoms with Crippen LogP contribution < -0.4 is 0 Å². The Bertz CT molecular complexity index is 504. The van der Waals surface area contributed by atoms with Crippen LogP contribution in [0.25, 0.3) is 10.9 Å². The van der Waals surface area contributed by atoms with E-state index >= 15 is 0 Å². The Morgan fingerprint density at radius 3 is 2.93 bits per heavy atom. The number of para-hydroxylation sites is 1. The van der Waals surface area contributed by atoms with Crippen molar-refractivity contribution in [1.82, 2.24) is 9.78 Å². The van der Waals surface area contributed by atoms with Crippen LogP contribution in [0, 0.1) is 10.1 Å². The van der Waals surface area contributed by atoms with Gasteiger partial charge in [0, 0.05) is 17.4 Å². The quantitative estimate of drug-likeness (QED) is 0.562. The molecule has 0 fully saturated rings. The first-order valence-corrected chi connectivity index (χ1v) is 4.71. The summed E-state index contributed by atoms with van der Waals surface area (Å²) < 4.78 is 1.75. The van der Waals surface area contributed by atoms with Gasteiger partial charge in [-0.05, 0) is 6.07 Å². The fourth-order valence-corrected chi connectivity index (χ4v) is 1.67. The average molecular weight is 205 g/mol.